The molecule has 21 heavy (non-hydrogen) atoms. The average Bonchev–Trinajstić information content (AvgIpc) is 2.76. The first-order valence-corrected chi connectivity index (χ1v) is 8.17. The average molecular weight is 309 g/mol. The van der Waals surface area contributed by atoms with E-state index in [-0.39, 0.29) is 10.8 Å². The van der Waals surface area contributed by atoms with Gasteiger partial charge in [-0.05, 0) is 25.0 Å². The SMILES string of the molecule is C=C[C@H]1[C@H](C(C)C)OC(=O)N1S(=O)(=O)c1ccc(C)cc1. The van der Waals surface area contributed by atoms with Crippen molar-refractivity contribution in [1.82, 2.24) is 4.31 Å². The highest BCUT2D eigenvalue weighted by molar-refractivity contribution is 7.89. The van der Waals surface area contributed by atoms with Gasteiger partial charge in [0.1, 0.15) is 12.1 Å². The van der Waals surface area contributed by atoms with Crippen molar-refractivity contribution in [2.75, 3.05) is 0 Å². The summed E-state index contributed by atoms with van der Waals surface area (Å²) < 4.78 is 31.3. The third-order valence-electron chi connectivity index (χ3n) is 3.50. The predicted octanol–water partition coefficient (Wildman–Crippen LogP) is 2.72. The number of carbonyl (C=O) groups excluding carboxylic acids is 1. The number of rotatable bonds is 4. The lowest BCUT2D eigenvalue weighted by Crippen LogP contribution is -2.41. The molecule has 0 bridgehead atoms. The third-order valence-corrected chi connectivity index (χ3v) is 5.28. The fraction of sp³-hybridized carbons (Fsp3) is 0.400. The molecule has 1 aliphatic heterocycles. The van der Waals surface area contributed by atoms with E-state index >= 15 is 0 Å². The Morgan fingerprint density at radius 3 is 2.33 bits per heavy atom. The maximum absolute atomic E-state index is 12.7. The molecule has 0 spiro atoms. The third kappa shape index (κ3) is 2.68. The van der Waals surface area contributed by atoms with Gasteiger partial charge in [-0.2, -0.15) is 4.31 Å². The smallest absolute Gasteiger partial charge is 0.424 e. The number of hydrogen-bond acceptors (Lipinski definition) is 4. The first kappa shape index (κ1) is 15.6. The fourth-order valence-electron chi connectivity index (χ4n) is 2.34. The summed E-state index contributed by atoms with van der Waals surface area (Å²) >= 11 is 0. The molecule has 1 saturated heterocycles. The molecule has 1 heterocycles. The van der Waals surface area contributed by atoms with Gasteiger partial charge in [0.2, 0.25) is 0 Å². The molecule has 0 unspecified atom stereocenters. The Bertz CT molecular complexity index is 649. The normalized spacial score (nSPS) is 22.5. The number of aryl methyl sites for hydroxylation is 1. The van der Waals surface area contributed by atoms with Gasteiger partial charge in [-0.15, -0.1) is 6.58 Å². The van der Waals surface area contributed by atoms with Crippen molar-refractivity contribution in [3.05, 3.63) is 42.5 Å². The Morgan fingerprint density at radius 1 is 1.29 bits per heavy atom. The summed E-state index contributed by atoms with van der Waals surface area (Å²) in [5.74, 6) is -0.00447. The minimum absolute atomic E-state index is 0.00447. The van der Waals surface area contributed by atoms with Gasteiger partial charge in [-0.3, -0.25) is 0 Å². The van der Waals surface area contributed by atoms with E-state index in [1.807, 2.05) is 20.8 Å². The minimum atomic E-state index is -3.94. The summed E-state index contributed by atoms with van der Waals surface area (Å²) in [6.07, 6.45) is 0.0794. The van der Waals surface area contributed by atoms with Crippen LogP contribution in [0, 0.1) is 12.8 Å². The van der Waals surface area contributed by atoms with E-state index in [4.69, 9.17) is 4.74 Å². The molecular weight excluding hydrogens is 290 g/mol. The van der Waals surface area contributed by atoms with Crippen LogP contribution in [0.3, 0.4) is 0 Å². The van der Waals surface area contributed by atoms with Crippen molar-refractivity contribution in [1.29, 1.82) is 0 Å². The molecular formula is C15H19NO4S. The maximum atomic E-state index is 12.7. The van der Waals surface area contributed by atoms with E-state index in [1.165, 1.54) is 18.2 Å². The Morgan fingerprint density at radius 2 is 1.86 bits per heavy atom. The molecule has 0 radical (unpaired) electrons. The van der Waals surface area contributed by atoms with Crippen molar-refractivity contribution in [3.63, 3.8) is 0 Å². The Kier molecular flexibility index (Phi) is 4.09. The van der Waals surface area contributed by atoms with Crippen LogP contribution in [-0.4, -0.2) is 31.0 Å². The highest BCUT2D eigenvalue weighted by Gasteiger charge is 2.48. The summed E-state index contributed by atoms with van der Waals surface area (Å²) in [6.45, 7) is 9.25. The number of cyclic esters (lactones) is 1. The summed E-state index contributed by atoms with van der Waals surface area (Å²) in [5, 5.41) is 0. The van der Waals surface area contributed by atoms with Gasteiger partial charge in [0.05, 0.1) is 4.90 Å². The zero-order valence-electron chi connectivity index (χ0n) is 12.3. The molecule has 0 saturated carbocycles. The second kappa shape index (κ2) is 5.52. The van der Waals surface area contributed by atoms with Crippen LogP contribution in [0.1, 0.15) is 19.4 Å². The van der Waals surface area contributed by atoms with E-state index in [0.717, 1.165) is 9.87 Å². The number of amides is 1. The van der Waals surface area contributed by atoms with E-state index < -0.39 is 28.3 Å². The van der Waals surface area contributed by atoms with Crippen LogP contribution in [0.25, 0.3) is 0 Å². The molecule has 0 aliphatic carbocycles. The highest BCUT2D eigenvalue weighted by atomic mass is 32.2. The van der Waals surface area contributed by atoms with Crippen LogP contribution in [-0.2, 0) is 14.8 Å². The fourth-order valence-corrected chi connectivity index (χ4v) is 3.81. The van der Waals surface area contributed by atoms with Crippen LogP contribution in [0.15, 0.2) is 41.8 Å². The standard InChI is InChI=1S/C15H19NO4S/c1-5-13-14(10(2)3)20-15(17)16(13)21(18,19)12-8-6-11(4)7-9-12/h5-10,13-14H,1H2,2-4H3/t13-,14-/m0/s1. The summed E-state index contributed by atoms with van der Waals surface area (Å²) in [7, 11) is -3.94. The molecule has 1 aromatic rings. The van der Waals surface area contributed by atoms with Crippen molar-refractivity contribution in [2.24, 2.45) is 5.92 Å². The van der Waals surface area contributed by atoms with E-state index in [1.54, 1.807) is 12.1 Å². The van der Waals surface area contributed by atoms with Gasteiger partial charge in [-0.25, -0.2) is 13.2 Å². The zero-order valence-corrected chi connectivity index (χ0v) is 13.1. The van der Waals surface area contributed by atoms with E-state index in [0.29, 0.717) is 0 Å². The highest BCUT2D eigenvalue weighted by Crippen LogP contribution is 2.31. The maximum Gasteiger partial charge on any atom is 0.424 e. The van der Waals surface area contributed by atoms with E-state index in [9.17, 15) is 13.2 Å². The second-order valence-corrected chi connectivity index (χ2v) is 7.25. The van der Waals surface area contributed by atoms with Gasteiger partial charge in [-0.1, -0.05) is 37.6 Å². The number of hydrogen-bond donors (Lipinski definition) is 0. The lowest BCUT2D eigenvalue weighted by atomic mass is 10.0. The number of benzene rings is 1. The summed E-state index contributed by atoms with van der Waals surface area (Å²) in [4.78, 5) is 12.1. The largest absolute Gasteiger partial charge is 0.442 e. The molecule has 2 atom stereocenters. The molecule has 1 aromatic carbocycles. The number of nitrogens with zero attached hydrogens (tertiary/aromatic N) is 1. The van der Waals surface area contributed by atoms with E-state index in [2.05, 4.69) is 6.58 Å². The molecule has 114 valence electrons. The van der Waals surface area contributed by atoms with Crippen molar-refractivity contribution < 1.29 is 17.9 Å². The molecule has 2 rings (SSSR count). The molecule has 1 fully saturated rings. The van der Waals surface area contributed by atoms with Crippen LogP contribution in [0.5, 0.6) is 0 Å². The van der Waals surface area contributed by atoms with Crippen molar-refractivity contribution in [3.8, 4) is 0 Å². The Hall–Kier alpha value is -1.82. The Balaban J connectivity index is 2.45. The van der Waals surface area contributed by atoms with Crippen LogP contribution in [0.2, 0.25) is 0 Å². The van der Waals surface area contributed by atoms with Gasteiger partial charge < -0.3 is 4.74 Å². The number of carbonyl (C=O) groups is 1. The lowest BCUT2D eigenvalue weighted by Gasteiger charge is -2.22. The monoisotopic (exact) mass is 309 g/mol. The Labute approximate surface area is 125 Å². The second-order valence-electron chi connectivity index (χ2n) is 5.43. The zero-order chi connectivity index (χ0) is 15.8. The molecule has 1 aliphatic rings. The van der Waals surface area contributed by atoms with Crippen molar-refractivity contribution >= 4 is 16.1 Å². The lowest BCUT2D eigenvalue weighted by molar-refractivity contribution is 0.108. The minimum Gasteiger partial charge on any atom is -0.442 e. The molecule has 1 amide bonds. The first-order valence-electron chi connectivity index (χ1n) is 6.73. The van der Waals surface area contributed by atoms with Gasteiger partial charge in [0.15, 0.2) is 0 Å². The first-order chi connectivity index (χ1) is 9.78. The van der Waals surface area contributed by atoms with Crippen LogP contribution < -0.4 is 0 Å². The summed E-state index contributed by atoms with van der Waals surface area (Å²) in [5.41, 5.74) is 0.943. The van der Waals surface area contributed by atoms with Crippen molar-refractivity contribution in [2.45, 2.75) is 37.8 Å². The molecule has 6 heteroatoms. The van der Waals surface area contributed by atoms with Gasteiger partial charge >= 0.3 is 6.09 Å². The number of ether oxygens (including phenoxy) is 1. The quantitative estimate of drug-likeness (QED) is 0.802. The number of sulfonamides is 1. The van der Waals surface area contributed by atoms with Gasteiger partial charge in [0, 0.05) is 0 Å². The van der Waals surface area contributed by atoms with Gasteiger partial charge in [0.25, 0.3) is 10.0 Å². The molecule has 5 nitrogen and oxygen atoms in total. The van der Waals surface area contributed by atoms with Crippen LogP contribution >= 0.6 is 0 Å². The summed E-state index contributed by atoms with van der Waals surface area (Å²) in [6, 6.07) is 5.67. The predicted molar refractivity (Wildman–Crippen MR) is 79.3 cm³/mol. The molecule has 0 N–H and O–H groups in total. The van der Waals surface area contributed by atoms with Crippen LogP contribution in [0.4, 0.5) is 4.79 Å². The molecule has 0 aromatic heterocycles. The topological polar surface area (TPSA) is 63.7 Å².